The van der Waals surface area contributed by atoms with Crippen LogP contribution >= 0.6 is 0 Å². The summed E-state index contributed by atoms with van der Waals surface area (Å²) >= 11 is 0. The van der Waals surface area contributed by atoms with Gasteiger partial charge in [-0.05, 0) is 18.2 Å². The van der Waals surface area contributed by atoms with Crippen LogP contribution in [-0.2, 0) is 4.79 Å². The topological polar surface area (TPSA) is 78.4 Å². The highest BCUT2D eigenvalue weighted by atomic mass is 19.1. The Bertz CT molecular complexity index is 561. The van der Waals surface area contributed by atoms with Gasteiger partial charge in [-0.2, -0.15) is 0 Å². The lowest BCUT2D eigenvalue weighted by Gasteiger charge is -2.05. The molecule has 6 heteroatoms. The molecule has 0 saturated heterocycles. The zero-order valence-corrected chi connectivity index (χ0v) is 11.0. The minimum atomic E-state index is -0.634. The largest absolute Gasteiger partial charge is 0.384 e. The van der Waals surface area contributed by atoms with E-state index in [2.05, 4.69) is 22.5 Å². The van der Waals surface area contributed by atoms with Crippen molar-refractivity contribution < 1.29 is 19.1 Å². The van der Waals surface area contributed by atoms with Gasteiger partial charge in [-0.25, -0.2) is 4.39 Å². The fraction of sp³-hybridized carbons (Fsp3) is 0.286. The van der Waals surface area contributed by atoms with E-state index in [1.807, 2.05) is 0 Å². The Labute approximate surface area is 116 Å². The third-order valence-corrected chi connectivity index (χ3v) is 2.45. The Hall–Kier alpha value is -2.39. The quantitative estimate of drug-likeness (QED) is 0.680. The number of halogens is 1. The van der Waals surface area contributed by atoms with E-state index >= 15 is 0 Å². The number of aliphatic hydroxyl groups is 1. The second-order valence-corrected chi connectivity index (χ2v) is 3.83. The van der Waals surface area contributed by atoms with Crippen LogP contribution in [0.25, 0.3) is 0 Å². The molecule has 3 N–H and O–H groups in total. The van der Waals surface area contributed by atoms with Crippen molar-refractivity contribution in [2.24, 2.45) is 0 Å². The lowest BCUT2D eigenvalue weighted by molar-refractivity contribution is -0.120. The maximum Gasteiger partial charge on any atom is 0.251 e. The molecule has 0 radical (unpaired) electrons. The van der Waals surface area contributed by atoms with E-state index in [0.717, 1.165) is 6.07 Å². The molecule has 0 aliphatic rings. The summed E-state index contributed by atoms with van der Waals surface area (Å²) in [6.45, 7) is -0.187. The van der Waals surface area contributed by atoms with Gasteiger partial charge in [-0.1, -0.05) is 11.8 Å². The number of rotatable bonds is 4. The molecule has 0 aliphatic heterocycles. The first-order valence-electron chi connectivity index (χ1n) is 5.96. The van der Waals surface area contributed by atoms with E-state index in [9.17, 15) is 14.0 Å². The van der Waals surface area contributed by atoms with E-state index in [1.54, 1.807) is 0 Å². The average molecular weight is 278 g/mol. The van der Waals surface area contributed by atoms with Crippen LogP contribution in [0.4, 0.5) is 4.39 Å². The van der Waals surface area contributed by atoms with Crippen molar-refractivity contribution in [1.82, 2.24) is 10.6 Å². The maximum absolute atomic E-state index is 13.6. The predicted octanol–water partition coefficient (Wildman–Crippen LogP) is 0.0354. The summed E-state index contributed by atoms with van der Waals surface area (Å²) in [5.74, 6) is 3.48. The van der Waals surface area contributed by atoms with Crippen LogP contribution in [-0.4, -0.2) is 37.1 Å². The van der Waals surface area contributed by atoms with Crippen molar-refractivity contribution in [3.05, 3.63) is 35.1 Å². The Balaban J connectivity index is 2.65. The van der Waals surface area contributed by atoms with Gasteiger partial charge in [0.2, 0.25) is 5.91 Å². The lowest BCUT2D eigenvalue weighted by atomic mass is 10.1. The number of nitrogens with one attached hydrogen (secondary N) is 2. The van der Waals surface area contributed by atoms with Gasteiger partial charge in [0.1, 0.15) is 12.4 Å². The van der Waals surface area contributed by atoms with Crippen LogP contribution in [0.2, 0.25) is 0 Å². The van der Waals surface area contributed by atoms with Gasteiger partial charge in [-0.3, -0.25) is 9.59 Å². The molecule has 0 unspecified atom stereocenters. The predicted molar refractivity (Wildman–Crippen MR) is 71.4 cm³/mol. The summed E-state index contributed by atoms with van der Waals surface area (Å²) in [6, 6.07) is 3.86. The molecule has 1 rings (SSSR count). The SMILES string of the molecule is CNC(=O)CCNC(=O)c1ccc(C#CCO)c(F)c1. The highest BCUT2D eigenvalue weighted by Crippen LogP contribution is 2.09. The monoisotopic (exact) mass is 278 g/mol. The van der Waals surface area contributed by atoms with Gasteiger partial charge in [0.15, 0.2) is 0 Å². The molecule has 0 heterocycles. The van der Waals surface area contributed by atoms with Crippen LogP contribution in [0.1, 0.15) is 22.3 Å². The molecule has 0 atom stereocenters. The van der Waals surface area contributed by atoms with Gasteiger partial charge < -0.3 is 15.7 Å². The standard InChI is InChI=1S/C14H15FN2O3/c1-16-13(19)6-7-17-14(20)11-5-4-10(3-2-8-18)12(15)9-11/h4-5,9,18H,6-8H2,1H3,(H,16,19)(H,17,20). The Morgan fingerprint density at radius 1 is 1.40 bits per heavy atom. The normalized spacial score (nSPS) is 9.35. The van der Waals surface area contributed by atoms with Crippen LogP contribution < -0.4 is 10.6 Å². The van der Waals surface area contributed by atoms with E-state index < -0.39 is 11.7 Å². The first-order chi connectivity index (χ1) is 9.58. The van der Waals surface area contributed by atoms with E-state index in [4.69, 9.17) is 5.11 Å². The second kappa shape index (κ2) is 7.92. The number of carbonyl (C=O) groups is 2. The van der Waals surface area contributed by atoms with E-state index in [-0.39, 0.29) is 36.6 Å². The molecule has 0 fully saturated rings. The van der Waals surface area contributed by atoms with Crippen LogP contribution in [0.3, 0.4) is 0 Å². The van der Waals surface area contributed by atoms with Gasteiger partial charge in [0.05, 0.1) is 5.56 Å². The average Bonchev–Trinajstić information content (AvgIpc) is 2.45. The Morgan fingerprint density at radius 3 is 2.75 bits per heavy atom. The fourth-order valence-electron chi connectivity index (χ4n) is 1.41. The number of hydrogen-bond donors (Lipinski definition) is 3. The molecule has 0 bridgehead atoms. The number of benzene rings is 1. The summed E-state index contributed by atoms with van der Waals surface area (Å²) in [7, 11) is 1.51. The minimum absolute atomic E-state index is 0.112. The van der Waals surface area contributed by atoms with Crippen molar-refractivity contribution >= 4 is 11.8 Å². The Kier molecular flexibility index (Phi) is 6.20. The van der Waals surface area contributed by atoms with Crippen LogP contribution in [0, 0.1) is 17.7 Å². The number of aliphatic hydroxyl groups excluding tert-OH is 1. The zero-order valence-electron chi connectivity index (χ0n) is 11.0. The van der Waals surface area contributed by atoms with E-state index in [0.29, 0.717) is 0 Å². The van der Waals surface area contributed by atoms with Crippen molar-refractivity contribution in [2.75, 3.05) is 20.2 Å². The summed E-state index contributed by atoms with van der Waals surface area (Å²) in [5.41, 5.74) is 0.259. The smallest absolute Gasteiger partial charge is 0.251 e. The van der Waals surface area contributed by atoms with Crippen molar-refractivity contribution in [1.29, 1.82) is 0 Å². The highest BCUT2D eigenvalue weighted by molar-refractivity contribution is 5.94. The molecule has 1 aromatic rings. The molecule has 0 aromatic heterocycles. The molecule has 106 valence electrons. The maximum atomic E-state index is 13.6. The molecule has 5 nitrogen and oxygen atoms in total. The number of amides is 2. The molecule has 2 amide bonds. The summed E-state index contributed by atoms with van der Waals surface area (Å²) in [5, 5.41) is 13.5. The fourth-order valence-corrected chi connectivity index (χ4v) is 1.41. The summed E-state index contributed by atoms with van der Waals surface area (Å²) in [6.07, 6.45) is 0.158. The third-order valence-electron chi connectivity index (χ3n) is 2.45. The zero-order chi connectivity index (χ0) is 15.0. The van der Waals surface area contributed by atoms with Gasteiger partial charge in [-0.15, -0.1) is 0 Å². The number of hydrogen-bond acceptors (Lipinski definition) is 3. The van der Waals surface area contributed by atoms with E-state index in [1.165, 1.54) is 19.2 Å². The number of carbonyl (C=O) groups excluding carboxylic acids is 2. The molecule has 0 aliphatic carbocycles. The third kappa shape index (κ3) is 4.71. The van der Waals surface area contributed by atoms with Gasteiger partial charge in [0.25, 0.3) is 5.91 Å². The first kappa shape index (κ1) is 15.7. The highest BCUT2D eigenvalue weighted by Gasteiger charge is 2.09. The van der Waals surface area contributed by atoms with Crippen molar-refractivity contribution in [3.63, 3.8) is 0 Å². The second-order valence-electron chi connectivity index (χ2n) is 3.83. The van der Waals surface area contributed by atoms with Gasteiger partial charge in [0, 0.05) is 25.6 Å². The van der Waals surface area contributed by atoms with Crippen molar-refractivity contribution in [3.8, 4) is 11.8 Å². The summed E-state index contributed by atoms with van der Waals surface area (Å²) < 4.78 is 13.6. The molecule has 0 spiro atoms. The molecule has 0 saturated carbocycles. The molecular formula is C14H15FN2O3. The van der Waals surface area contributed by atoms with Crippen molar-refractivity contribution in [2.45, 2.75) is 6.42 Å². The lowest BCUT2D eigenvalue weighted by Crippen LogP contribution is -2.29. The molecule has 1 aromatic carbocycles. The summed E-state index contributed by atoms with van der Waals surface area (Å²) in [4.78, 5) is 22.7. The minimum Gasteiger partial charge on any atom is -0.384 e. The molecular weight excluding hydrogens is 263 g/mol. The Morgan fingerprint density at radius 2 is 2.15 bits per heavy atom. The molecule has 20 heavy (non-hydrogen) atoms. The van der Waals surface area contributed by atoms with Gasteiger partial charge >= 0.3 is 0 Å². The van der Waals surface area contributed by atoms with Crippen LogP contribution in [0.15, 0.2) is 18.2 Å². The first-order valence-corrected chi connectivity index (χ1v) is 5.96. The van der Waals surface area contributed by atoms with Crippen LogP contribution in [0.5, 0.6) is 0 Å².